The molecule has 1 aliphatic heterocycles. The van der Waals surface area contributed by atoms with Crippen LogP contribution in [-0.4, -0.2) is 65.3 Å². The number of anilines is 1. The molecule has 1 aromatic heterocycles. The highest BCUT2D eigenvalue weighted by atomic mass is 16.3. The monoisotopic (exact) mass is 305 g/mol. The molecule has 2 aliphatic rings. The Balaban J connectivity index is 1.47. The summed E-state index contributed by atoms with van der Waals surface area (Å²) >= 11 is 0. The molecule has 22 heavy (non-hydrogen) atoms. The van der Waals surface area contributed by atoms with Crippen molar-refractivity contribution >= 4 is 5.95 Å². The third kappa shape index (κ3) is 4.15. The van der Waals surface area contributed by atoms with E-state index in [1.807, 2.05) is 12.4 Å². The fourth-order valence-corrected chi connectivity index (χ4v) is 3.15. The number of aliphatic hydroxyl groups excluding tert-OH is 1. The minimum absolute atomic E-state index is 0.0933. The predicted octanol–water partition coefficient (Wildman–Crippen LogP) is 0.621. The third-order valence-corrected chi connectivity index (χ3v) is 4.77. The lowest BCUT2D eigenvalue weighted by molar-refractivity contribution is 0.116. The zero-order valence-electron chi connectivity index (χ0n) is 13.4. The lowest BCUT2D eigenvalue weighted by Crippen LogP contribution is -2.45. The Hall–Kier alpha value is -1.24. The first-order valence-corrected chi connectivity index (χ1v) is 8.36. The van der Waals surface area contributed by atoms with E-state index in [-0.39, 0.29) is 6.10 Å². The zero-order chi connectivity index (χ0) is 15.4. The topological polar surface area (TPSA) is 64.5 Å². The molecule has 1 aliphatic carbocycles. The maximum Gasteiger partial charge on any atom is 0.225 e. The van der Waals surface area contributed by atoms with E-state index in [1.54, 1.807) is 0 Å². The molecule has 0 amide bonds. The number of aliphatic hydroxyl groups is 1. The van der Waals surface area contributed by atoms with Crippen LogP contribution in [0.3, 0.4) is 0 Å². The molecule has 0 spiro atoms. The van der Waals surface area contributed by atoms with Crippen LogP contribution in [-0.2, 0) is 6.54 Å². The van der Waals surface area contributed by atoms with E-state index in [0.29, 0.717) is 6.04 Å². The summed E-state index contributed by atoms with van der Waals surface area (Å²) in [5, 5.41) is 13.1. The number of likely N-dealkylation sites (N-methyl/N-ethyl adjacent to an activating group) is 1. The van der Waals surface area contributed by atoms with Crippen molar-refractivity contribution in [3.8, 4) is 0 Å². The molecule has 3 rings (SSSR count). The highest BCUT2D eigenvalue weighted by Crippen LogP contribution is 2.18. The Labute approximate surface area is 132 Å². The summed E-state index contributed by atoms with van der Waals surface area (Å²) in [5.41, 5.74) is 1.13. The van der Waals surface area contributed by atoms with Crippen LogP contribution in [0.4, 0.5) is 5.95 Å². The van der Waals surface area contributed by atoms with Gasteiger partial charge in [-0.25, -0.2) is 9.97 Å². The third-order valence-electron chi connectivity index (χ3n) is 4.77. The molecule has 0 unspecified atom stereocenters. The van der Waals surface area contributed by atoms with Crippen LogP contribution < -0.4 is 10.2 Å². The molecule has 122 valence electrons. The molecule has 2 N–H and O–H groups in total. The molecule has 0 aromatic carbocycles. The lowest BCUT2D eigenvalue weighted by atomic mass is 9.93. The summed E-state index contributed by atoms with van der Waals surface area (Å²) in [7, 11) is 2.15. The van der Waals surface area contributed by atoms with Crippen molar-refractivity contribution in [1.29, 1.82) is 0 Å². The smallest absolute Gasteiger partial charge is 0.225 e. The van der Waals surface area contributed by atoms with E-state index in [9.17, 15) is 5.11 Å². The van der Waals surface area contributed by atoms with Gasteiger partial charge in [0.25, 0.3) is 0 Å². The van der Waals surface area contributed by atoms with Gasteiger partial charge in [0.1, 0.15) is 0 Å². The van der Waals surface area contributed by atoms with Crippen molar-refractivity contribution in [3.05, 3.63) is 18.0 Å². The van der Waals surface area contributed by atoms with E-state index in [1.165, 1.54) is 0 Å². The Morgan fingerprint density at radius 3 is 2.36 bits per heavy atom. The van der Waals surface area contributed by atoms with Crippen LogP contribution in [0.1, 0.15) is 31.2 Å². The maximum absolute atomic E-state index is 9.53. The summed E-state index contributed by atoms with van der Waals surface area (Å²) in [5.74, 6) is 0.845. The highest BCUT2D eigenvalue weighted by molar-refractivity contribution is 5.30. The van der Waals surface area contributed by atoms with Gasteiger partial charge in [-0.3, -0.25) is 0 Å². The normalized spacial score (nSPS) is 27.1. The molecule has 6 nitrogen and oxygen atoms in total. The molecule has 0 atom stereocenters. The highest BCUT2D eigenvalue weighted by Gasteiger charge is 2.19. The van der Waals surface area contributed by atoms with Crippen molar-refractivity contribution in [2.24, 2.45) is 0 Å². The molecular weight excluding hydrogens is 278 g/mol. The average Bonchev–Trinajstić information content (AvgIpc) is 2.56. The van der Waals surface area contributed by atoms with Crippen molar-refractivity contribution < 1.29 is 5.11 Å². The van der Waals surface area contributed by atoms with Gasteiger partial charge in [-0.1, -0.05) is 0 Å². The standard InChI is InChI=1S/C16H27N5O/c1-20-6-8-21(9-7-20)16-18-11-13(12-19-16)10-17-14-2-4-15(22)5-3-14/h11-12,14-15,17,22H,2-10H2,1H3. The number of hydrogen-bond acceptors (Lipinski definition) is 6. The molecule has 1 aromatic rings. The molecule has 0 bridgehead atoms. The number of rotatable bonds is 4. The van der Waals surface area contributed by atoms with Crippen LogP contribution in [0, 0.1) is 0 Å². The van der Waals surface area contributed by atoms with E-state index in [0.717, 1.165) is 69.9 Å². The summed E-state index contributed by atoms with van der Waals surface area (Å²) in [6.45, 7) is 4.95. The largest absolute Gasteiger partial charge is 0.393 e. The van der Waals surface area contributed by atoms with Crippen LogP contribution in [0.25, 0.3) is 0 Å². The Bertz CT molecular complexity index is 450. The van der Waals surface area contributed by atoms with Crippen molar-refractivity contribution in [1.82, 2.24) is 20.2 Å². The summed E-state index contributed by atoms with van der Waals surface area (Å²) in [6.07, 6.45) is 7.72. The summed E-state index contributed by atoms with van der Waals surface area (Å²) < 4.78 is 0. The van der Waals surface area contributed by atoms with Crippen molar-refractivity contribution in [3.63, 3.8) is 0 Å². The van der Waals surface area contributed by atoms with Gasteiger partial charge in [0, 0.05) is 56.7 Å². The second kappa shape index (κ2) is 7.35. The van der Waals surface area contributed by atoms with Gasteiger partial charge in [-0.2, -0.15) is 0 Å². The Morgan fingerprint density at radius 1 is 1.09 bits per heavy atom. The number of hydrogen-bond donors (Lipinski definition) is 2. The summed E-state index contributed by atoms with van der Waals surface area (Å²) in [6, 6.07) is 0.515. The van der Waals surface area contributed by atoms with Gasteiger partial charge in [-0.15, -0.1) is 0 Å². The van der Waals surface area contributed by atoms with Gasteiger partial charge < -0.3 is 20.2 Å². The zero-order valence-corrected chi connectivity index (χ0v) is 13.4. The first-order valence-electron chi connectivity index (χ1n) is 8.36. The first-order chi connectivity index (χ1) is 10.7. The SMILES string of the molecule is CN1CCN(c2ncc(CNC3CCC(O)CC3)cn2)CC1. The molecule has 2 fully saturated rings. The Morgan fingerprint density at radius 2 is 1.73 bits per heavy atom. The van der Waals surface area contributed by atoms with Crippen LogP contribution in [0.15, 0.2) is 12.4 Å². The number of aromatic nitrogens is 2. The fraction of sp³-hybridized carbons (Fsp3) is 0.750. The van der Waals surface area contributed by atoms with Crippen molar-refractivity contribution in [2.75, 3.05) is 38.1 Å². The average molecular weight is 305 g/mol. The molecule has 0 radical (unpaired) electrons. The fourth-order valence-electron chi connectivity index (χ4n) is 3.15. The minimum Gasteiger partial charge on any atom is -0.393 e. The van der Waals surface area contributed by atoms with Gasteiger partial charge in [0.05, 0.1) is 6.10 Å². The van der Waals surface area contributed by atoms with Crippen LogP contribution in [0.5, 0.6) is 0 Å². The molecular formula is C16H27N5O. The summed E-state index contributed by atoms with van der Waals surface area (Å²) in [4.78, 5) is 13.6. The van der Waals surface area contributed by atoms with Gasteiger partial charge in [0.15, 0.2) is 0 Å². The van der Waals surface area contributed by atoms with Crippen molar-refractivity contribution in [2.45, 2.75) is 44.4 Å². The quantitative estimate of drug-likeness (QED) is 0.850. The van der Waals surface area contributed by atoms with E-state index in [2.05, 4.69) is 32.1 Å². The minimum atomic E-state index is -0.0933. The second-order valence-corrected chi connectivity index (χ2v) is 6.57. The molecule has 1 saturated heterocycles. The van der Waals surface area contributed by atoms with Gasteiger partial charge in [0.2, 0.25) is 5.95 Å². The van der Waals surface area contributed by atoms with Crippen LogP contribution >= 0.6 is 0 Å². The molecule has 2 heterocycles. The van der Waals surface area contributed by atoms with E-state index >= 15 is 0 Å². The number of nitrogens with zero attached hydrogens (tertiary/aromatic N) is 4. The van der Waals surface area contributed by atoms with Crippen LogP contribution in [0.2, 0.25) is 0 Å². The second-order valence-electron chi connectivity index (χ2n) is 6.57. The molecule has 6 heteroatoms. The van der Waals surface area contributed by atoms with Gasteiger partial charge >= 0.3 is 0 Å². The van der Waals surface area contributed by atoms with Gasteiger partial charge in [-0.05, 0) is 32.7 Å². The van der Waals surface area contributed by atoms with E-state index in [4.69, 9.17) is 0 Å². The Kier molecular flexibility index (Phi) is 5.23. The maximum atomic E-state index is 9.53. The number of piperazine rings is 1. The lowest BCUT2D eigenvalue weighted by Gasteiger charge is -2.32. The molecule has 1 saturated carbocycles. The first kappa shape index (κ1) is 15.6. The van der Waals surface area contributed by atoms with E-state index < -0.39 is 0 Å². The number of nitrogens with one attached hydrogen (secondary N) is 1. The predicted molar refractivity (Wildman–Crippen MR) is 86.8 cm³/mol.